The molecule has 2 aliphatic carbocycles. The van der Waals surface area contributed by atoms with Crippen LogP contribution in [0.15, 0.2) is 6.07 Å². The van der Waals surface area contributed by atoms with Gasteiger partial charge in [0.2, 0.25) is 5.95 Å². The molecule has 11 heteroatoms. The smallest absolute Gasteiger partial charge is 0.410 e. The number of nitrogens with two attached hydrogens (primary N) is 1. The molecule has 1 aromatic heterocycles. The van der Waals surface area contributed by atoms with E-state index < -0.39 is 11.2 Å². The lowest BCUT2D eigenvalue weighted by Gasteiger charge is -2.39. The van der Waals surface area contributed by atoms with Gasteiger partial charge in [-0.2, -0.15) is 4.98 Å². The van der Waals surface area contributed by atoms with Gasteiger partial charge in [-0.25, -0.2) is 14.6 Å². The topological polar surface area (TPSA) is 123 Å². The quantitative estimate of drug-likeness (QED) is 0.266. The number of aromatic nitrogens is 2. The predicted molar refractivity (Wildman–Crippen MR) is 168 cm³/mol. The molecule has 0 saturated heterocycles. The molecular formula is C31H53ClN6O4. The lowest BCUT2D eigenvalue weighted by Crippen LogP contribution is -2.48. The Balaban J connectivity index is 1.57. The Morgan fingerprint density at radius 2 is 1.40 bits per heavy atom. The molecular weight excluding hydrogens is 556 g/mol. The minimum Gasteiger partial charge on any atom is -0.444 e. The van der Waals surface area contributed by atoms with Gasteiger partial charge in [0.15, 0.2) is 0 Å². The Labute approximate surface area is 257 Å². The van der Waals surface area contributed by atoms with E-state index in [-0.39, 0.29) is 24.3 Å². The molecule has 0 atom stereocenters. The highest BCUT2D eigenvalue weighted by Gasteiger charge is 2.33. The summed E-state index contributed by atoms with van der Waals surface area (Å²) in [5.74, 6) is 1.33. The van der Waals surface area contributed by atoms with Crippen LogP contribution in [0.3, 0.4) is 0 Å². The summed E-state index contributed by atoms with van der Waals surface area (Å²) in [6, 6.07) is 1.83. The van der Waals surface area contributed by atoms with Gasteiger partial charge in [0.1, 0.15) is 22.2 Å². The second kappa shape index (κ2) is 15.3. The van der Waals surface area contributed by atoms with Gasteiger partial charge in [0.25, 0.3) is 0 Å². The number of ether oxygens (including phenoxy) is 2. The van der Waals surface area contributed by atoms with Crippen LogP contribution >= 0.6 is 11.6 Å². The molecule has 2 aliphatic rings. The monoisotopic (exact) mass is 608 g/mol. The number of hydrogen-bond donors (Lipinski definition) is 2. The zero-order valence-corrected chi connectivity index (χ0v) is 27.3. The van der Waals surface area contributed by atoms with Gasteiger partial charge in [-0.15, -0.1) is 0 Å². The maximum atomic E-state index is 13.4. The zero-order chi connectivity index (χ0) is 30.9. The van der Waals surface area contributed by atoms with Crippen molar-refractivity contribution in [2.24, 2.45) is 5.92 Å². The third-order valence-corrected chi connectivity index (χ3v) is 8.07. The molecule has 0 spiro atoms. The highest BCUT2D eigenvalue weighted by Crippen LogP contribution is 2.31. The average molecular weight is 609 g/mol. The summed E-state index contributed by atoms with van der Waals surface area (Å²) in [5.41, 5.74) is 4.64. The van der Waals surface area contributed by atoms with Crippen molar-refractivity contribution in [3.8, 4) is 0 Å². The van der Waals surface area contributed by atoms with Gasteiger partial charge in [-0.05, 0) is 98.8 Å². The Morgan fingerprint density at radius 1 is 0.881 bits per heavy atom. The van der Waals surface area contributed by atoms with Crippen molar-refractivity contribution in [3.63, 3.8) is 0 Å². The standard InChI is InChI=1S/C31H53ClN6O4/c1-30(2,3)41-28(39)37(23-11-8-7-9-12-23)19-10-20-38(29(40)42-31(4,5)6)24-15-13-22(14-16-24)17-18-34-27-35-25(32)21-26(33)36-27/h21-24H,7-20H2,1-6H3,(H3,33,34,35,36). The molecule has 1 aromatic rings. The molecule has 3 rings (SSSR count). The molecule has 0 aliphatic heterocycles. The number of amides is 2. The first-order valence-electron chi connectivity index (χ1n) is 15.7. The van der Waals surface area contributed by atoms with E-state index in [4.69, 9.17) is 26.8 Å². The summed E-state index contributed by atoms with van der Waals surface area (Å²) in [6.45, 7) is 13.3. The summed E-state index contributed by atoms with van der Waals surface area (Å²) >= 11 is 5.98. The number of nitrogens with zero attached hydrogens (tertiary/aromatic N) is 4. The summed E-state index contributed by atoms with van der Waals surface area (Å²) in [6.07, 6.45) is 10.5. The third-order valence-electron chi connectivity index (χ3n) is 7.88. The van der Waals surface area contributed by atoms with Gasteiger partial charge in [0, 0.05) is 37.8 Å². The Morgan fingerprint density at radius 3 is 1.90 bits per heavy atom. The van der Waals surface area contributed by atoms with Crippen molar-refractivity contribution in [2.75, 3.05) is 30.7 Å². The SMILES string of the molecule is CC(C)(C)OC(=O)N(CCCN(C(=O)OC(C)(C)C)C1CCC(CCNc2nc(N)cc(Cl)n2)CC1)C1CCCCC1. The minimum absolute atomic E-state index is 0.116. The molecule has 10 nitrogen and oxygen atoms in total. The van der Waals surface area contributed by atoms with Gasteiger partial charge >= 0.3 is 12.2 Å². The van der Waals surface area contributed by atoms with Gasteiger partial charge in [-0.1, -0.05) is 30.9 Å². The zero-order valence-electron chi connectivity index (χ0n) is 26.6. The molecule has 238 valence electrons. The van der Waals surface area contributed by atoms with E-state index in [0.717, 1.165) is 64.3 Å². The average Bonchev–Trinajstić information content (AvgIpc) is 2.87. The van der Waals surface area contributed by atoms with Crippen LogP contribution < -0.4 is 11.1 Å². The number of rotatable bonds is 10. The van der Waals surface area contributed by atoms with Gasteiger partial charge < -0.3 is 30.3 Å². The van der Waals surface area contributed by atoms with E-state index in [1.165, 1.54) is 12.5 Å². The first-order chi connectivity index (χ1) is 19.7. The van der Waals surface area contributed by atoms with E-state index in [1.54, 1.807) is 0 Å². The van der Waals surface area contributed by atoms with Crippen molar-refractivity contribution in [3.05, 3.63) is 11.2 Å². The second-order valence-corrected chi connectivity index (χ2v) is 14.2. The molecule has 1 heterocycles. The van der Waals surface area contributed by atoms with E-state index >= 15 is 0 Å². The molecule has 2 amide bonds. The van der Waals surface area contributed by atoms with Crippen LogP contribution in [-0.4, -0.2) is 74.9 Å². The number of carbonyl (C=O) groups is 2. The fourth-order valence-electron chi connectivity index (χ4n) is 5.94. The van der Waals surface area contributed by atoms with E-state index in [1.807, 2.05) is 51.3 Å². The largest absolute Gasteiger partial charge is 0.444 e. The van der Waals surface area contributed by atoms with Crippen molar-refractivity contribution in [2.45, 2.75) is 135 Å². The normalized spacial score (nSPS) is 20.1. The van der Waals surface area contributed by atoms with Crippen LogP contribution in [-0.2, 0) is 9.47 Å². The van der Waals surface area contributed by atoms with Crippen LogP contribution in [0.2, 0.25) is 5.15 Å². The molecule has 0 radical (unpaired) electrons. The summed E-state index contributed by atoms with van der Waals surface area (Å²) < 4.78 is 11.6. The predicted octanol–water partition coefficient (Wildman–Crippen LogP) is 7.27. The van der Waals surface area contributed by atoms with Gasteiger partial charge in [-0.3, -0.25) is 0 Å². The van der Waals surface area contributed by atoms with Crippen LogP contribution in [0.4, 0.5) is 21.4 Å². The summed E-state index contributed by atoms with van der Waals surface area (Å²) in [5, 5.41) is 3.55. The first kappa shape index (κ1) is 34.0. The first-order valence-corrected chi connectivity index (χ1v) is 16.1. The fraction of sp³-hybridized carbons (Fsp3) is 0.806. The lowest BCUT2D eigenvalue weighted by molar-refractivity contribution is 0.00450. The Hall–Kier alpha value is -2.49. The van der Waals surface area contributed by atoms with Crippen molar-refractivity contribution < 1.29 is 19.1 Å². The number of nitrogens with one attached hydrogen (secondary N) is 1. The number of anilines is 2. The van der Waals surface area contributed by atoms with Crippen LogP contribution in [0, 0.1) is 5.92 Å². The molecule has 2 fully saturated rings. The summed E-state index contributed by atoms with van der Waals surface area (Å²) in [4.78, 5) is 38.7. The van der Waals surface area contributed by atoms with E-state index in [0.29, 0.717) is 42.3 Å². The number of hydrogen-bond acceptors (Lipinski definition) is 8. The lowest BCUT2D eigenvalue weighted by atomic mass is 9.83. The van der Waals surface area contributed by atoms with Crippen LogP contribution in [0.5, 0.6) is 0 Å². The van der Waals surface area contributed by atoms with E-state index in [9.17, 15) is 9.59 Å². The molecule has 0 bridgehead atoms. The summed E-state index contributed by atoms with van der Waals surface area (Å²) in [7, 11) is 0. The van der Waals surface area contributed by atoms with Crippen LogP contribution in [0.1, 0.15) is 112 Å². The fourth-order valence-corrected chi connectivity index (χ4v) is 6.13. The minimum atomic E-state index is -0.575. The van der Waals surface area contributed by atoms with Crippen molar-refractivity contribution in [1.29, 1.82) is 0 Å². The Kier molecular flexibility index (Phi) is 12.4. The van der Waals surface area contributed by atoms with Crippen LogP contribution in [0.25, 0.3) is 0 Å². The maximum absolute atomic E-state index is 13.4. The molecule has 2 saturated carbocycles. The molecule has 0 aromatic carbocycles. The Bertz CT molecular complexity index is 993. The third kappa shape index (κ3) is 11.7. The highest BCUT2D eigenvalue weighted by atomic mass is 35.5. The van der Waals surface area contributed by atoms with Crippen molar-refractivity contribution >= 4 is 35.6 Å². The second-order valence-electron chi connectivity index (χ2n) is 13.8. The highest BCUT2D eigenvalue weighted by molar-refractivity contribution is 6.29. The van der Waals surface area contributed by atoms with Crippen molar-refractivity contribution in [1.82, 2.24) is 19.8 Å². The number of nitrogen functional groups attached to an aromatic ring is 1. The van der Waals surface area contributed by atoms with Gasteiger partial charge in [0.05, 0.1) is 0 Å². The number of halogens is 1. The molecule has 0 unspecified atom stereocenters. The van der Waals surface area contributed by atoms with E-state index in [2.05, 4.69) is 15.3 Å². The number of carbonyl (C=O) groups excluding carboxylic acids is 2. The molecule has 42 heavy (non-hydrogen) atoms. The molecule has 3 N–H and O–H groups in total. The maximum Gasteiger partial charge on any atom is 0.410 e.